The van der Waals surface area contributed by atoms with Crippen molar-refractivity contribution in [3.8, 4) is 11.6 Å². The van der Waals surface area contributed by atoms with Crippen LogP contribution in [0.3, 0.4) is 0 Å². The maximum absolute atomic E-state index is 13.4. The molecule has 0 atom stereocenters. The van der Waals surface area contributed by atoms with Crippen LogP contribution in [0.4, 0.5) is 11.6 Å². The summed E-state index contributed by atoms with van der Waals surface area (Å²) < 4.78 is 11.8. The van der Waals surface area contributed by atoms with Crippen LogP contribution in [0.1, 0.15) is 21.6 Å². The highest BCUT2D eigenvalue weighted by Gasteiger charge is 2.16. The van der Waals surface area contributed by atoms with E-state index in [0.717, 1.165) is 5.56 Å². The molecule has 5 aromatic rings. The Kier molecular flexibility index (Phi) is 6.59. The van der Waals surface area contributed by atoms with Crippen LogP contribution in [0, 0.1) is 0 Å². The first-order chi connectivity index (χ1) is 17.5. The van der Waals surface area contributed by atoms with E-state index in [9.17, 15) is 9.59 Å². The van der Waals surface area contributed by atoms with E-state index in [-0.39, 0.29) is 29.9 Å². The summed E-state index contributed by atoms with van der Waals surface area (Å²) in [4.78, 5) is 30.4. The summed E-state index contributed by atoms with van der Waals surface area (Å²) in [6.07, 6.45) is 4.21. The van der Waals surface area contributed by atoms with Gasteiger partial charge in [-0.2, -0.15) is 5.10 Å². The fraction of sp³-hybridized carbons (Fsp3) is 0.0800. The summed E-state index contributed by atoms with van der Waals surface area (Å²) in [5.41, 5.74) is 1.79. The summed E-state index contributed by atoms with van der Waals surface area (Å²) in [5.74, 6) is 0.966. The van der Waals surface area contributed by atoms with E-state index in [1.165, 1.54) is 23.2 Å². The Hall–Kier alpha value is -4.70. The molecule has 11 heteroatoms. The maximum atomic E-state index is 13.4. The highest BCUT2D eigenvalue weighted by atomic mass is 35.5. The monoisotopic (exact) mass is 502 g/mol. The van der Waals surface area contributed by atoms with Crippen LogP contribution in [-0.4, -0.2) is 30.7 Å². The fourth-order valence-electron chi connectivity index (χ4n) is 3.46. The molecular weight excluding hydrogens is 484 g/mol. The van der Waals surface area contributed by atoms with Gasteiger partial charge < -0.3 is 14.6 Å². The van der Waals surface area contributed by atoms with Gasteiger partial charge in [0.25, 0.3) is 11.4 Å². The number of nitrogens with one attached hydrogen (secondary N) is 2. The molecule has 0 saturated heterocycles. The lowest BCUT2D eigenvalue weighted by Crippen LogP contribution is -2.28. The minimum atomic E-state index is -0.332. The van der Waals surface area contributed by atoms with E-state index >= 15 is 0 Å². The van der Waals surface area contributed by atoms with Crippen LogP contribution in [0.15, 0.2) is 88.6 Å². The predicted octanol–water partition coefficient (Wildman–Crippen LogP) is 4.62. The summed E-state index contributed by atoms with van der Waals surface area (Å²) in [5, 5.41) is 13.9. The Bertz CT molecular complexity index is 1510. The Labute approximate surface area is 209 Å². The van der Waals surface area contributed by atoms with Gasteiger partial charge in [0, 0.05) is 41.2 Å². The van der Waals surface area contributed by atoms with Gasteiger partial charge in [-0.25, -0.2) is 4.98 Å². The van der Waals surface area contributed by atoms with Gasteiger partial charge >= 0.3 is 0 Å². The fourth-order valence-corrected chi connectivity index (χ4v) is 3.59. The van der Waals surface area contributed by atoms with Crippen molar-refractivity contribution >= 4 is 29.0 Å². The largest absolute Gasteiger partial charge is 0.436 e. The first-order valence-corrected chi connectivity index (χ1v) is 11.2. The lowest BCUT2D eigenvalue weighted by Gasteiger charge is -2.15. The van der Waals surface area contributed by atoms with Gasteiger partial charge in [0.1, 0.15) is 17.7 Å². The number of anilines is 2. The molecule has 10 nitrogen and oxygen atoms in total. The number of ether oxygens (including phenoxy) is 1. The second-order valence-electron chi connectivity index (χ2n) is 7.78. The minimum Gasteiger partial charge on any atom is -0.436 e. The third kappa shape index (κ3) is 5.34. The van der Waals surface area contributed by atoms with Gasteiger partial charge in [-0.1, -0.05) is 23.7 Å². The number of carbonyl (C=O) groups excluding carboxylic acids is 1. The van der Waals surface area contributed by atoms with Gasteiger partial charge in [-0.15, -0.1) is 0 Å². The van der Waals surface area contributed by atoms with E-state index in [4.69, 9.17) is 20.9 Å². The van der Waals surface area contributed by atoms with Crippen molar-refractivity contribution in [2.45, 2.75) is 13.0 Å². The highest BCUT2D eigenvalue weighted by molar-refractivity contribution is 6.30. The molecule has 2 N–H and O–H groups in total. The number of benzene rings is 2. The number of hydrogen-bond acceptors (Lipinski definition) is 8. The van der Waals surface area contributed by atoms with E-state index < -0.39 is 0 Å². The number of hydrogen-bond donors (Lipinski definition) is 2. The molecule has 180 valence electrons. The second kappa shape index (κ2) is 10.3. The predicted molar refractivity (Wildman–Crippen MR) is 132 cm³/mol. The first-order valence-electron chi connectivity index (χ1n) is 10.9. The van der Waals surface area contributed by atoms with Crippen LogP contribution >= 0.6 is 11.6 Å². The molecular formula is C25H19ClN6O4. The molecule has 0 saturated carbocycles. The van der Waals surface area contributed by atoms with Gasteiger partial charge in [-0.3, -0.25) is 19.3 Å². The Morgan fingerprint density at radius 1 is 1.08 bits per heavy atom. The zero-order valence-electron chi connectivity index (χ0n) is 18.7. The average molecular weight is 503 g/mol. The van der Waals surface area contributed by atoms with Crippen LogP contribution in [0.5, 0.6) is 11.6 Å². The molecule has 3 heterocycles. The number of Topliss-reactive ketones (excluding diaryl/α,β-unsaturated/α-hetero) is 1. The van der Waals surface area contributed by atoms with Crippen molar-refractivity contribution in [2.24, 2.45) is 0 Å². The van der Waals surface area contributed by atoms with Crippen molar-refractivity contribution in [1.82, 2.24) is 24.9 Å². The molecule has 0 aliphatic rings. The van der Waals surface area contributed by atoms with E-state index in [1.807, 2.05) is 12.1 Å². The number of aromatic nitrogens is 5. The molecule has 0 bridgehead atoms. The molecule has 36 heavy (non-hydrogen) atoms. The Morgan fingerprint density at radius 2 is 1.89 bits per heavy atom. The number of ketones is 1. The number of aromatic amines is 1. The number of rotatable bonds is 9. The molecule has 0 amide bonds. The van der Waals surface area contributed by atoms with Crippen molar-refractivity contribution in [3.63, 3.8) is 0 Å². The maximum Gasteiger partial charge on any atom is 0.259 e. The van der Waals surface area contributed by atoms with Gasteiger partial charge in [0.2, 0.25) is 5.95 Å². The molecule has 0 fully saturated rings. The quantitative estimate of drug-likeness (QED) is 0.279. The van der Waals surface area contributed by atoms with Crippen LogP contribution in [-0.2, 0) is 13.0 Å². The summed E-state index contributed by atoms with van der Waals surface area (Å²) in [6.45, 7) is 0.227. The number of carbonyl (C=O) groups is 1. The second-order valence-corrected chi connectivity index (χ2v) is 8.22. The molecule has 5 rings (SSSR count). The van der Waals surface area contributed by atoms with Gasteiger partial charge in [0.05, 0.1) is 6.54 Å². The van der Waals surface area contributed by atoms with Crippen molar-refractivity contribution in [2.75, 3.05) is 5.32 Å². The number of H-pyrrole nitrogens is 1. The molecule has 0 unspecified atom stereocenters. The minimum absolute atomic E-state index is 0.108. The molecule has 2 aromatic carbocycles. The van der Waals surface area contributed by atoms with Crippen molar-refractivity contribution in [3.05, 3.63) is 112 Å². The smallest absolute Gasteiger partial charge is 0.259 e. The molecule has 3 aromatic heterocycles. The van der Waals surface area contributed by atoms with Gasteiger partial charge in [0.15, 0.2) is 5.78 Å². The SMILES string of the molecule is O=C(Cc1cnc(Nc2ccc(Oc3ccon3)cc2)n(Cc2ccc(Cl)cc2)c1=O)c1ccn[nH]1. The van der Waals surface area contributed by atoms with E-state index in [1.54, 1.807) is 48.5 Å². The highest BCUT2D eigenvalue weighted by Crippen LogP contribution is 2.23. The van der Waals surface area contributed by atoms with Crippen molar-refractivity contribution in [1.29, 1.82) is 0 Å². The summed E-state index contributed by atoms with van der Waals surface area (Å²) in [7, 11) is 0. The molecule has 0 aliphatic carbocycles. The average Bonchev–Trinajstić information content (AvgIpc) is 3.60. The standard InChI is InChI=1S/C25H19ClN6O4/c26-18-3-1-16(2-4-18)15-32-24(34)17(13-22(33)21-9-11-28-30-21)14-27-25(32)29-19-5-7-20(8-6-19)36-23-10-12-35-31-23/h1-12,14H,13,15H2,(H,27,29)(H,28,30). The van der Waals surface area contributed by atoms with Gasteiger partial charge in [-0.05, 0) is 53.2 Å². The number of nitrogens with zero attached hydrogens (tertiary/aromatic N) is 4. The summed E-state index contributed by atoms with van der Waals surface area (Å²) >= 11 is 6.02. The van der Waals surface area contributed by atoms with Crippen LogP contribution in [0.25, 0.3) is 0 Å². The van der Waals surface area contributed by atoms with E-state index in [0.29, 0.717) is 34.0 Å². The van der Waals surface area contributed by atoms with Crippen molar-refractivity contribution < 1.29 is 14.1 Å². The lowest BCUT2D eigenvalue weighted by atomic mass is 10.1. The topological polar surface area (TPSA) is 128 Å². The van der Waals surface area contributed by atoms with Crippen LogP contribution in [0.2, 0.25) is 5.02 Å². The lowest BCUT2D eigenvalue weighted by molar-refractivity contribution is 0.0987. The Balaban J connectivity index is 1.43. The zero-order valence-corrected chi connectivity index (χ0v) is 19.5. The molecule has 0 radical (unpaired) electrons. The van der Waals surface area contributed by atoms with E-state index in [2.05, 4.69) is 25.7 Å². The third-order valence-corrected chi connectivity index (χ3v) is 5.52. The normalized spacial score (nSPS) is 10.8. The third-order valence-electron chi connectivity index (χ3n) is 5.27. The zero-order chi connectivity index (χ0) is 24.9. The number of halogens is 1. The first kappa shape index (κ1) is 23.1. The Morgan fingerprint density at radius 3 is 2.58 bits per heavy atom. The van der Waals surface area contributed by atoms with Crippen LogP contribution < -0.4 is 15.6 Å². The molecule has 0 spiro atoms. The molecule has 0 aliphatic heterocycles. The summed E-state index contributed by atoms with van der Waals surface area (Å²) in [6, 6.07) is 17.4.